The highest BCUT2D eigenvalue weighted by Crippen LogP contribution is 2.26. The first-order valence-electron chi connectivity index (χ1n) is 10.9. The number of piperidine rings is 1. The molecule has 168 valence electrons. The molecule has 1 saturated heterocycles. The fourth-order valence-electron chi connectivity index (χ4n) is 3.76. The van der Waals surface area contributed by atoms with Crippen molar-refractivity contribution in [1.82, 2.24) is 9.47 Å². The largest absolute Gasteiger partial charge is 0.444 e. The quantitative estimate of drug-likeness (QED) is 0.748. The van der Waals surface area contributed by atoms with Crippen LogP contribution in [0.3, 0.4) is 0 Å². The molecule has 1 fully saturated rings. The van der Waals surface area contributed by atoms with E-state index in [4.69, 9.17) is 4.74 Å². The number of benzene rings is 1. The number of nitrogens with one attached hydrogen (secondary N) is 1. The summed E-state index contributed by atoms with van der Waals surface area (Å²) in [5.41, 5.74) is 1.97. The summed E-state index contributed by atoms with van der Waals surface area (Å²) in [6, 6.07) is 11.8. The number of rotatable bonds is 5. The van der Waals surface area contributed by atoms with Gasteiger partial charge in [0.05, 0.1) is 0 Å². The molecule has 1 aliphatic heterocycles. The average molecular weight is 427 g/mol. The van der Waals surface area contributed by atoms with Crippen LogP contribution in [-0.2, 0) is 4.74 Å². The van der Waals surface area contributed by atoms with Crippen LogP contribution in [0.4, 0.5) is 16.2 Å². The van der Waals surface area contributed by atoms with E-state index in [0.29, 0.717) is 18.8 Å². The van der Waals surface area contributed by atoms with E-state index in [1.807, 2.05) is 75.0 Å². The zero-order chi connectivity index (χ0) is 22.6. The van der Waals surface area contributed by atoms with Gasteiger partial charge in [-0.25, -0.2) is 4.79 Å². The number of carbonyl (C=O) groups is 2. The van der Waals surface area contributed by atoms with E-state index >= 15 is 0 Å². The first-order valence-corrected chi connectivity index (χ1v) is 10.9. The van der Waals surface area contributed by atoms with Crippen LogP contribution in [0.2, 0.25) is 0 Å². The SMILES string of the molecule is CCN(C)c1cccc(NC(=O)c2cccn2C2CCN(C(=O)OC(C)(C)C)CC2)c1. The summed E-state index contributed by atoms with van der Waals surface area (Å²) < 4.78 is 7.51. The molecular formula is C24H34N4O3. The van der Waals surface area contributed by atoms with E-state index in [2.05, 4.69) is 17.1 Å². The molecule has 2 heterocycles. The van der Waals surface area contributed by atoms with Crippen LogP contribution in [0.15, 0.2) is 42.6 Å². The number of hydrogen-bond donors (Lipinski definition) is 1. The van der Waals surface area contributed by atoms with Gasteiger partial charge in [-0.15, -0.1) is 0 Å². The maximum atomic E-state index is 13.0. The summed E-state index contributed by atoms with van der Waals surface area (Å²) in [5, 5.41) is 3.02. The monoisotopic (exact) mass is 426 g/mol. The van der Waals surface area contributed by atoms with Crippen molar-refractivity contribution in [3.05, 3.63) is 48.3 Å². The molecule has 1 N–H and O–H groups in total. The lowest BCUT2D eigenvalue weighted by Crippen LogP contribution is -2.42. The van der Waals surface area contributed by atoms with Crippen molar-refractivity contribution in [3.63, 3.8) is 0 Å². The standard InChI is InChI=1S/C24H34N4O3/c1-6-26(5)20-10-7-9-18(17-20)25-22(29)21-11-8-14-28(21)19-12-15-27(16-13-19)23(30)31-24(2,3)4/h7-11,14,17,19H,6,12-13,15-16H2,1-5H3,(H,25,29). The second kappa shape index (κ2) is 9.45. The molecule has 0 radical (unpaired) electrons. The third-order valence-corrected chi connectivity index (χ3v) is 5.54. The molecule has 3 rings (SSSR count). The summed E-state index contributed by atoms with van der Waals surface area (Å²) in [5.74, 6) is -0.129. The Hall–Kier alpha value is -2.96. The van der Waals surface area contributed by atoms with Crippen LogP contribution in [0.1, 0.15) is 57.1 Å². The van der Waals surface area contributed by atoms with E-state index in [-0.39, 0.29) is 18.0 Å². The number of likely N-dealkylation sites (tertiary alicyclic amines) is 1. The molecule has 2 amide bonds. The Morgan fingerprint density at radius 2 is 1.87 bits per heavy atom. The summed E-state index contributed by atoms with van der Waals surface area (Å²) >= 11 is 0. The Kier molecular flexibility index (Phi) is 6.93. The highest BCUT2D eigenvalue weighted by Gasteiger charge is 2.28. The molecule has 0 unspecified atom stereocenters. The zero-order valence-corrected chi connectivity index (χ0v) is 19.2. The van der Waals surface area contributed by atoms with Crippen LogP contribution in [0.5, 0.6) is 0 Å². The van der Waals surface area contributed by atoms with Gasteiger partial charge in [0.25, 0.3) is 5.91 Å². The highest BCUT2D eigenvalue weighted by molar-refractivity contribution is 6.03. The summed E-state index contributed by atoms with van der Waals surface area (Å²) in [6.07, 6.45) is 3.24. The maximum Gasteiger partial charge on any atom is 0.410 e. The van der Waals surface area contributed by atoms with Crippen molar-refractivity contribution in [3.8, 4) is 0 Å². The van der Waals surface area contributed by atoms with E-state index in [9.17, 15) is 9.59 Å². The third kappa shape index (κ3) is 5.81. The van der Waals surface area contributed by atoms with Crippen molar-refractivity contribution in [2.75, 3.05) is 36.9 Å². The Balaban J connectivity index is 1.64. The molecule has 0 spiro atoms. The lowest BCUT2D eigenvalue weighted by Gasteiger charge is -2.34. The lowest BCUT2D eigenvalue weighted by atomic mass is 10.0. The van der Waals surface area contributed by atoms with Gasteiger partial charge in [0.15, 0.2) is 0 Å². The van der Waals surface area contributed by atoms with Crippen molar-refractivity contribution >= 4 is 23.4 Å². The lowest BCUT2D eigenvalue weighted by molar-refractivity contribution is 0.0187. The van der Waals surface area contributed by atoms with Gasteiger partial charge < -0.3 is 24.4 Å². The number of hydrogen-bond acceptors (Lipinski definition) is 4. The van der Waals surface area contributed by atoms with Crippen LogP contribution >= 0.6 is 0 Å². The number of anilines is 2. The van der Waals surface area contributed by atoms with E-state index < -0.39 is 5.60 Å². The molecule has 2 aromatic rings. The molecule has 0 bridgehead atoms. The maximum absolute atomic E-state index is 13.0. The molecule has 1 aliphatic rings. The Labute approximate surface area is 185 Å². The fourth-order valence-corrected chi connectivity index (χ4v) is 3.76. The summed E-state index contributed by atoms with van der Waals surface area (Å²) in [4.78, 5) is 29.2. The van der Waals surface area contributed by atoms with Gasteiger partial charge >= 0.3 is 6.09 Å². The van der Waals surface area contributed by atoms with Crippen molar-refractivity contribution < 1.29 is 14.3 Å². The Bertz CT molecular complexity index is 908. The highest BCUT2D eigenvalue weighted by atomic mass is 16.6. The van der Waals surface area contributed by atoms with Crippen LogP contribution in [-0.4, -0.2) is 53.8 Å². The summed E-state index contributed by atoms with van der Waals surface area (Å²) in [6.45, 7) is 9.83. The van der Waals surface area contributed by atoms with Gasteiger partial charge in [-0.3, -0.25) is 4.79 Å². The molecule has 7 nitrogen and oxygen atoms in total. The predicted octanol–water partition coefficient (Wildman–Crippen LogP) is 4.77. The first kappa shape index (κ1) is 22.7. The summed E-state index contributed by atoms with van der Waals surface area (Å²) in [7, 11) is 2.02. The smallest absolute Gasteiger partial charge is 0.410 e. The fraction of sp³-hybridized carbons (Fsp3) is 0.500. The molecular weight excluding hydrogens is 392 g/mol. The van der Waals surface area contributed by atoms with Crippen LogP contribution in [0.25, 0.3) is 0 Å². The number of carbonyl (C=O) groups excluding carboxylic acids is 2. The normalized spacial score (nSPS) is 14.9. The van der Waals surface area contributed by atoms with Gasteiger partial charge in [0.2, 0.25) is 0 Å². The van der Waals surface area contributed by atoms with Gasteiger partial charge in [0.1, 0.15) is 11.3 Å². The van der Waals surface area contributed by atoms with Crippen LogP contribution in [0, 0.1) is 0 Å². The number of amides is 2. The average Bonchev–Trinajstić information content (AvgIpc) is 3.22. The molecule has 0 saturated carbocycles. The number of aromatic nitrogens is 1. The molecule has 1 aromatic heterocycles. The minimum absolute atomic E-state index is 0.129. The van der Waals surface area contributed by atoms with E-state index in [0.717, 1.165) is 30.8 Å². The van der Waals surface area contributed by atoms with Crippen LogP contribution < -0.4 is 10.2 Å². The molecule has 0 atom stereocenters. The van der Waals surface area contributed by atoms with Gasteiger partial charge in [0, 0.05) is 50.3 Å². The second-order valence-electron chi connectivity index (χ2n) is 9.02. The van der Waals surface area contributed by atoms with Gasteiger partial charge in [-0.2, -0.15) is 0 Å². The number of nitrogens with zero attached hydrogens (tertiary/aromatic N) is 3. The second-order valence-corrected chi connectivity index (χ2v) is 9.02. The van der Waals surface area contributed by atoms with Gasteiger partial charge in [-0.05, 0) is 70.9 Å². The van der Waals surface area contributed by atoms with Crippen molar-refractivity contribution in [1.29, 1.82) is 0 Å². The molecule has 0 aliphatic carbocycles. The predicted molar refractivity (Wildman–Crippen MR) is 124 cm³/mol. The molecule has 1 aromatic carbocycles. The minimum atomic E-state index is -0.497. The Morgan fingerprint density at radius 1 is 1.16 bits per heavy atom. The van der Waals surface area contributed by atoms with Gasteiger partial charge in [-0.1, -0.05) is 6.07 Å². The molecule has 7 heteroatoms. The third-order valence-electron chi connectivity index (χ3n) is 5.54. The molecule has 31 heavy (non-hydrogen) atoms. The minimum Gasteiger partial charge on any atom is -0.444 e. The van der Waals surface area contributed by atoms with Crippen molar-refractivity contribution in [2.45, 2.75) is 52.2 Å². The zero-order valence-electron chi connectivity index (χ0n) is 19.2. The Morgan fingerprint density at radius 3 is 2.52 bits per heavy atom. The number of ether oxygens (including phenoxy) is 1. The van der Waals surface area contributed by atoms with E-state index in [1.165, 1.54) is 0 Å². The van der Waals surface area contributed by atoms with E-state index in [1.54, 1.807) is 4.90 Å². The first-order chi connectivity index (χ1) is 14.7. The topological polar surface area (TPSA) is 66.8 Å². The van der Waals surface area contributed by atoms with Crippen molar-refractivity contribution in [2.24, 2.45) is 0 Å².